The van der Waals surface area contributed by atoms with Gasteiger partial charge in [0.1, 0.15) is 29.4 Å². The number of halogens is 3. The van der Waals surface area contributed by atoms with E-state index in [-0.39, 0.29) is 22.7 Å². The molecule has 0 bridgehead atoms. The number of nitrogens with one attached hydrogen (secondary N) is 1. The molecular formula is C22H20F3N3O4. The van der Waals surface area contributed by atoms with Crippen LogP contribution >= 0.6 is 0 Å². The van der Waals surface area contributed by atoms with Gasteiger partial charge in [-0.25, -0.2) is 13.2 Å². The highest BCUT2D eigenvalue weighted by Gasteiger charge is 2.20. The monoisotopic (exact) mass is 447 g/mol. The summed E-state index contributed by atoms with van der Waals surface area (Å²) in [5, 5.41) is 16.2. The molecule has 0 saturated heterocycles. The van der Waals surface area contributed by atoms with Gasteiger partial charge in [-0.3, -0.25) is 9.59 Å². The number of carbonyl (C=O) groups excluding carboxylic acids is 1. The van der Waals surface area contributed by atoms with Crippen molar-refractivity contribution in [3.63, 3.8) is 0 Å². The number of rotatable bonds is 7. The maximum absolute atomic E-state index is 14.4. The standard InChI is InChI=1S/C22H20F3N3O4/c1-22(2,31)13-7-8-16(15(23)11-13)27-20(29)14-9-10-26-28(21(14)30)17-5-3-4-6-18(17)32-12-19(24)25/h3-11,19,31H,12H2,1-2H3,(H,27,29). The largest absolute Gasteiger partial charge is 0.485 e. The number of carbonyl (C=O) groups is 1. The summed E-state index contributed by atoms with van der Waals surface area (Å²) in [5.41, 5.74) is -2.30. The lowest BCUT2D eigenvalue weighted by Gasteiger charge is -2.18. The molecule has 1 amide bonds. The highest BCUT2D eigenvalue weighted by molar-refractivity contribution is 6.04. The lowest BCUT2D eigenvalue weighted by atomic mass is 9.98. The Bertz CT molecular complexity index is 1190. The first-order valence-electron chi connectivity index (χ1n) is 9.50. The van der Waals surface area contributed by atoms with E-state index in [9.17, 15) is 27.9 Å². The molecule has 0 unspecified atom stereocenters. The molecular weight excluding hydrogens is 427 g/mol. The molecule has 0 aliphatic carbocycles. The number of benzene rings is 2. The van der Waals surface area contributed by atoms with Crippen molar-refractivity contribution in [1.29, 1.82) is 0 Å². The maximum atomic E-state index is 14.4. The fourth-order valence-electron chi connectivity index (χ4n) is 2.85. The molecule has 0 aliphatic rings. The first-order chi connectivity index (χ1) is 15.1. The Kier molecular flexibility index (Phi) is 6.64. The van der Waals surface area contributed by atoms with Crippen molar-refractivity contribution in [1.82, 2.24) is 9.78 Å². The van der Waals surface area contributed by atoms with Gasteiger partial charge < -0.3 is 15.2 Å². The number of aromatic nitrogens is 2. The molecule has 168 valence electrons. The van der Waals surface area contributed by atoms with E-state index in [0.717, 1.165) is 16.8 Å². The van der Waals surface area contributed by atoms with Crippen LogP contribution in [0.25, 0.3) is 5.69 Å². The smallest absolute Gasteiger partial charge is 0.284 e. The third kappa shape index (κ3) is 5.14. The number of amides is 1. The fourth-order valence-corrected chi connectivity index (χ4v) is 2.85. The average Bonchev–Trinajstić information content (AvgIpc) is 2.73. The molecule has 32 heavy (non-hydrogen) atoms. The van der Waals surface area contributed by atoms with Crippen molar-refractivity contribution in [2.75, 3.05) is 11.9 Å². The van der Waals surface area contributed by atoms with Crippen LogP contribution in [0.2, 0.25) is 0 Å². The molecule has 0 atom stereocenters. The predicted molar refractivity (Wildman–Crippen MR) is 111 cm³/mol. The first kappa shape index (κ1) is 23.0. The van der Waals surface area contributed by atoms with Crippen LogP contribution in [0.4, 0.5) is 18.9 Å². The van der Waals surface area contributed by atoms with Crippen LogP contribution in [0.1, 0.15) is 29.8 Å². The molecule has 0 aliphatic heterocycles. The predicted octanol–water partition coefficient (Wildman–Crippen LogP) is 3.50. The zero-order chi connectivity index (χ0) is 23.5. The number of nitrogens with zero attached hydrogens (tertiary/aromatic N) is 2. The second kappa shape index (κ2) is 9.23. The second-order valence-electron chi connectivity index (χ2n) is 7.34. The van der Waals surface area contributed by atoms with Crippen molar-refractivity contribution in [3.8, 4) is 11.4 Å². The quantitative estimate of drug-likeness (QED) is 0.578. The summed E-state index contributed by atoms with van der Waals surface area (Å²) in [6.07, 6.45) is -1.55. The second-order valence-corrected chi connectivity index (χ2v) is 7.34. The van der Waals surface area contributed by atoms with E-state index in [4.69, 9.17) is 4.74 Å². The molecule has 3 rings (SSSR count). The molecule has 2 N–H and O–H groups in total. The van der Waals surface area contributed by atoms with Gasteiger partial charge in [-0.05, 0) is 49.7 Å². The molecule has 10 heteroatoms. The zero-order valence-corrected chi connectivity index (χ0v) is 17.2. The third-order valence-electron chi connectivity index (χ3n) is 4.47. The minimum absolute atomic E-state index is 0.0202. The number of para-hydroxylation sites is 2. The normalized spacial score (nSPS) is 11.5. The molecule has 3 aromatic rings. The van der Waals surface area contributed by atoms with Gasteiger partial charge in [-0.2, -0.15) is 9.78 Å². The van der Waals surface area contributed by atoms with Gasteiger partial charge in [-0.15, -0.1) is 0 Å². The van der Waals surface area contributed by atoms with Crippen molar-refractivity contribution in [3.05, 3.63) is 82.0 Å². The van der Waals surface area contributed by atoms with Crippen LogP contribution in [0.3, 0.4) is 0 Å². The van der Waals surface area contributed by atoms with Crippen LogP contribution in [0.5, 0.6) is 5.75 Å². The number of alkyl halides is 2. The van der Waals surface area contributed by atoms with Crippen LogP contribution in [-0.4, -0.2) is 33.8 Å². The van der Waals surface area contributed by atoms with Gasteiger partial charge >= 0.3 is 0 Å². The average molecular weight is 447 g/mol. The molecule has 0 radical (unpaired) electrons. The fraction of sp³-hybridized carbons (Fsp3) is 0.227. The molecule has 0 fully saturated rings. The Hall–Kier alpha value is -3.66. The van der Waals surface area contributed by atoms with E-state index >= 15 is 0 Å². The highest BCUT2D eigenvalue weighted by atomic mass is 19.3. The lowest BCUT2D eigenvalue weighted by Crippen LogP contribution is -2.30. The Morgan fingerprint density at radius 2 is 1.94 bits per heavy atom. The zero-order valence-electron chi connectivity index (χ0n) is 17.2. The highest BCUT2D eigenvalue weighted by Crippen LogP contribution is 2.25. The summed E-state index contributed by atoms with van der Waals surface area (Å²) in [6, 6.07) is 10.8. The van der Waals surface area contributed by atoms with E-state index in [1.807, 2.05) is 0 Å². The van der Waals surface area contributed by atoms with Gasteiger partial charge in [0.15, 0.2) is 0 Å². The molecule has 0 saturated carbocycles. The van der Waals surface area contributed by atoms with Crippen LogP contribution in [0.15, 0.2) is 59.5 Å². The summed E-state index contributed by atoms with van der Waals surface area (Å²) in [7, 11) is 0. The lowest BCUT2D eigenvalue weighted by molar-refractivity contribution is 0.0782. The molecule has 2 aromatic carbocycles. The molecule has 1 aromatic heterocycles. The van der Waals surface area contributed by atoms with Gasteiger partial charge in [0.05, 0.1) is 11.3 Å². The van der Waals surface area contributed by atoms with E-state index in [1.54, 1.807) is 6.07 Å². The number of anilines is 1. The minimum atomic E-state index is -2.72. The summed E-state index contributed by atoms with van der Waals surface area (Å²) < 4.78 is 45.3. The SMILES string of the molecule is CC(C)(O)c1ccc(NC(=O)c2ccnn(-c3ccccc3OCC(F)F)c2=O)c(F)c1. The summed E-state index contributed by atoms with van der Waals surface area (Å²) in [4.78, 5) is 25.5. The van der Waals surface area contributed by atoms with Crippen LogP contribution < -0.4 is 15.6 Å². The van der Waals surface area contributed by atoms with Gasteiger partial charge in [0, 0.05) is 6.20 Å². The van der Waals surface area contributed by atoms with Crippen molar-refractivity contribution in [2.45, 2.75) is 25.9 Å². The number of hydrogen-bond acceptors (Lipinski definition) is 5. The molecule has 1 heterocycles. The van der Waals surface area contributed by atoms with E-state index in [2.05, 4.69) is 10.4 Å². The maximum Gasteiger partial charge on any atom is 0.284 e. The summed E-state index contributed by atoms with van der Waals surface area (Å²) >= 11 is 0. The van der Waals surface area contributed by atoms with E-state index in [1.165, 1.54) is 50.4 Å². The van der Waals surface area contributed by atoms with Gasteiger partial charge in [0.2, 0.25) is 0 Å². The Balaban J connectivity index is 1.92. The molecule has 0 spiro atoms. The van der Waals surface area contributed by atoms with E-state index in [0.29, 0.717) is 5.56 Å². The molecule has 7 nitrogen and oxygen atoms in total. The van der Waals surface area contributed by atoms with Gasteiger partial charge in [0.25, 0.3) is 17.9 Å². The Morgan fingerprint density at radius 1 is 1.22 bits per heavy atom. The van der Waals surface area contributed by atoms with Crippen molar-refractivity contribution in [2.24, 2.45) is 0 Å². The third-order valence-corrected chi connectivity index (χ3v) is 4.47. The summed E-state index contributed by atoms with van der Waals surface area (Å²) in [5.74, 6) is -1.71. The Morgan fingerprint density at radius 3 is 2.59 bits per heavy atom. The van der Waals surface area contributed by atoms with E-state index < -0.39 is 35.9 Å². The minimum Gasteiger partial charge on any atom is -0.485 e. The number of aliphatic hydroxyl groups is 1. The van der Waals surface area contributed by atoms with Crippen molar-refractivity contribution < 1.29 is 27.8 Å². The topological polar surface area (TPSA) is 93.5 Å². The van der Waals surface area contributed by atoms with Crippen LogP contribution in [-0.2, 0) is 5.60 Å². The first-order valence-corrected chi connectivity index (χ1v) is 9.50. The van der Waals surface area contributed by atoms with Crippen molar-refractivity contribution >= 4 is 11.6 Å². The van der Waals surface area contributed by atoms with Gasteiger partial charge in [-0.1, -0.05) is 18.2 Å². The van der Waals surface area contributed by atoms with Crippen LogP contribution in [0, 0.1) is 5.82 Å². The Labute approximate surface area is 181 Å². The summed E-state index contributed by atoms with van der Waals surface area (Å²) in [6.45, 7) is 2.09. The number of hydrogen-bond donors (Lipinski definition) is 2. The number of ether oxygens (including phenoxy) is 1.